The molecule has 1 N–H and O–H groups in total. The maximum Gasteiger partial charge on any atom is 0.311 e. The van der Waals surface area contributed by atoms with Gasteiger partial charge in [0.25, 0.3) is 5.56 Å². The van der Waals surface area contributed by atoms with Crippen LogP contribution in [0.3, 0.4) is 0 Å². The molecule has 2 atom stereocenters. The molecule has 0 spiro atoms. The minimum atomic E-state index is -0.713. The Morgan fingerprint density at radius 2 is 2.35 bits per heavy atom. The first-order valence-electron chi connectivity index (χ1n) is 6.66. The van der Waals surface area contributed by atoms with Crippen LogP contribution in [0, 0.1) is 11.3 Å². The SMILES string of the molecule is Cn1ncc(N2C[C@@H]3CCC[C@@]3(C(=O)O)C2)c(Br)c1=O. The molecule has 1 saturated heterocycles. The fraction of sp³-hybridized carbons (Fsp3) is 0.615. The molecule has 0 aromatic carbocycles. The highest BCUT2D eigenvalue weighted by Crippen LogP contribution is 2.50. The molecule has 0 radical (unpaired) electrons. The van der Waals surface area contributed by atoms with Crippen LogP contribution in [0.25, 0.3) is 0 Å². The van der Waals surface area contributed by atoms with E-state index in [1.807, 2.05) is 4.90 Å². The second-order valence-electron chi connectivity index (χ2n) is 5.70. The van der Waals surface area contributed by atoms with Gasteiger partial charge in [0.1, 0.15) is 4.47 Å². The van der Waals surface area contributed by atoms with E-state index in [1.54, 1.807) is 13.2 Å². The van der Waals surface area contributed by atoms with E-state index in [2.05, 4.69) is 21.0 Å². The number of carbonyl (C=O) groups is 1. The number of halogens is 1. The van der Waals surface area contributed by atoms with Crippen LogP contribution in [0.15, 0.2) is 15.5 Å². The highest BCUT2D eigenvalue weighted by atomic mass is 79.9. The van der Waals surface area contributed by atoms with E-state index in [9.17, 15) is 14.7 Å². The molecule has 2 heterocycles. The van der Waals surface area contributed by atoms with Crippen molar-refractivity contribution in [3.8, 4) is 0 Å². The number of aryl methyl sites for hydroxylation is 1. The molecule has 1 aliphatic heterocycles. The van der Waals surface area contributed by atoms with Crippen molar-refractivity contribution in [2.24, 2.45) is 18.4 Å². The standard InChI is InChI=1S/C13H16BrN3O3/c1-16-11(18)10(14)9(5-15-16)17-6-8-3-2-4-13(8,7-17)12(19)20/h5,8H,2-4,6-7H2,1H3,(H,19,20)/t8-,13+/m0/s1. The van der Waals surface area contributed by atoms with E-state index in [0.29, 0.717) is 23.2 Å². The minimum Gasteiger partial charge on any atom is -0.481 e. The molecule has 1 aliphatic carbocycles. The van der Waals surface area contributed by atoms with Crippen LogP contribution in [0.2, 0.25) is 0 Å². The highest BCUT2D eigenvalue weighted by Gasteiger charge is 2.55. The Balaban J connectivity index is 1.97. The average Bonchev–Trinajstić information content (AvgIpc) is 2.93. The lowest BCUT2D eigenvalue weighted by molar-refractivity contribution is -0.149. The fourth-order valence-corrected chi connectivity index (χ4v) is 4.15. The first-order valence-corrected chi connectivity index (χ1v) is 7.45. The molecule has 0 unspecified atom stereocenters. The molecule has 2 aliphatic rings. The summed E-state index contributed by atoms with van der Waals surface area (Å²) < 4.78 is 1.72. The van der Waals surface area contributed by atoms with E-state index in [-0.39, 0.29) is 11.5 Å². The van der Waals surface area contributed by atoms with Gasteiger partial charge < -0.3 is 10.0 Å². The van der Waals surface area contributed by atoms with Crippen LogP contribution in [-0.4, -0.2) is 33.9 Å². The second-order valence-corrected chi connectivity index (χ2v) is 6.50. The van der Waals surface area contributed by atoms with Gasteiger partial charge in [-0.15, -0.1) is 0 Å². The molecule has 108 valence electrons. The van der Waals surface area contributed by atoms with Crippen molar-refractivity contribution >= 4 is 27.6 Å². The summed E-state index contributed by atoms with van der Waals surface area (Å²) in [5, 5.41) is 13.6. The van der Waals surface area contributed by atoms with Gasteiger partial charge >= 0.3 is 5.97 Å². The summed E-state index contributed by atoms with van der Waals surface area (Å²) in [4.78, 5) is 25.6. The topological polar surface area (TPSA) is 75.4 Å². The van der Waals surface area contributed by atoms with E-state index in [1.165, 1.54) is 4.68 Å². The zero-order valence-corrected chi connectivity index (χ0v) is 12.8. The number of carboxylic acid groups (broad SMARTS) is 1. The Hall–Kier alpha value is -1.37. The number of aromatic nitrogens is 2. The summed E-state index contributed by atoms with van der Waals surface area (Å²) >= 11 is 3.31. The minimum absolute atomic E-state index is 0.163. The number of rotatable bonds is 2. The van der Waals surface area contributed by atoms with Crippen molar-refractivity contribution in [3.05, 3.63) is 21.0 Å². The van der Waals surface area contributed by atoms with E-state index in [0.717, 1.165) is 19.3 Å². The number of anilines is 1. The van der Waals surface area contributed by atoms with Crippen LogP contribution in [0.4, 0.5) is 5.69 Å². The normalized spacial score (nSPS) is 28.7. The van der Waals surface area contributed by atoms with Gasteiger partial charge in [-0.1, -0.05) is 6.42 Å². The molecular formula is C13H16BrN3O3. The molecule has 20 heavy (non-hydrogen) atoms. The lowest BCUT2D eigenvalue weighted by Gasteiger charge is -2.24. The van der Waals surface area contributed by atoms with Crippen molar-refractivity contribution in [1.82, 2.24) is 9.78 Å². The maximum absolute atomic E-state index is 11.9. The van der Waals surface area contributed by atoms with Gasteiger partial charge in [0.05, 0.1) is 17.3 Å². The summed E-state index contributed by atoms with van der Waals surface area (Å²) in [6.45, 7) is 1.14. The van der Waals surface area contributed by atoms with Gasteiger partial charge in [0.15, 0.2) is 0 Å². The molecule has 2 fully saturated rings. The third-order valence-corrected chi connectivity index (χ3v) is 5.44. The van der Waals surface area contributed by atoms with Crippen molar-refractivity contribution in [2.75, 3.05) is 18.0 Å². The van der Waals surface area contributed by atoms with Gasteiger partial charge in [0.2, 0.25) is 0 Å². The molecule has 1 aromatic rings. The van der Waals surface area contributed by atoms with Crippen LogP contribution in [0.1, 0.15) is 19.3 Å². The Bertz CT molecular complexity index is 630. The first kappa shape index (κ1) is 13.6. The fourth-order valence-electron chi connectivity index (χ4n) is 3.54. The Morgan fingerprint density at radius 3 is 3.00 bits per heavy atom. The summed E-state index contributed by atoms with van der Waals surface area (Å²) in [7, 11) is 1.59. The van der Waals surface area contributed by atoms with Gasteiger partial charge in [-0.3, -0.25) is 9.59 Å². The van der Waals surface area contributed by atoms with E-state index < -0.39 is 11.4 Å². The quantitative estimate of drug-likeness (QED) is 0.875. The van der Waals surface area contributed by atoms with Crippen LogP contribution >= 0.6 is 15.9 Å². The number of hydrogen-bond acceptors (Lipinski definition) is 4. The largest absolute Gasteiger partial charge is 0.481 e. The summed E-state index contributed by atoms with van der Waals surface area (Å²) in [5.74, 6) is -0.550. The zero-order valence-electron chi connectivity index (χ0n) is 11.2. The smallest absolute Gasteiger partial charge is 0.311 e. The van der Waals surface area contributed by atoms with Gasteiger partial charge in [0, 0.05) is 20.1 Å². The molecule has 0 amide bonds. The monoisotopic (exact) mass is 341 g/mol. The first-order chi connectivity index (χ1) is 9.45. The maximum atomic E-state index is 11.9. The Kier molecular flexibility index (Phi) is 3.12. The highest BCUT2D eigenvalue weighted by molar-refractivity contribution is 9.10. The van der Waals surface area contributed by atoms with Crippen LogP contribution in [0.5, 0.6) is 0 Å². The number of aliphatic carboxylic acids is 1. The van der Waals surface area contributed by atoms with Crippen molar-refractivity contribution < 1.29 is 9.90 Å². The number of fused-ring (bicyclic) bond motifs is 1. The van der Waals surface area contributed by atoms with Crippen LogP contribution < -0.4 is 10.5 Å². The average molecular weight is 342 g/mol. The van der Waals surface area contributed by atoms with Crippen LogP contribution in [-0.2, 0) is 11.8 Å². The van der Waals surface area contributed by atoms with Crippen molar-refractivity contribution in [1.29, 1.82) is 0 Å². The predicted octanol–water partition coefficient (Wildman–Crippen LogP) is 1.23. The zero-order chi connectivity index (χ0) is 14.5. The number of carboxylic acids is 1. The van der Waals surface area contributed by atoms with Crippen molar-refractivity contribution in [2.45, 2.75) is 19.3 Å². The lowest BCUT2D eigenvalue weighted by Crippen LogP contribution is -2.36. The molecular weight excluding hydrogens is 326 g/mol. The molecule has 6 nitrogen and oxygen atoms in total. The Morgan fingerprint density at radius 1 is 1.60 bits per heavy atom. The molecule has 1 aromatic heterocycles. The second kappa shape index (κ2) is 4.58. The predicted molar refractivity (Wildman–Crippen MR) is 76.8 cm³/mol. The summed E-state index contributed by atoms with van der Waals surface area (Å²) in [6, 6.07) is 0. The molecule has 1 saturated carbocycles. The third-order valence-electron chi connectivity index (χ3n) is 4.70. The van der Waals surface area contributed by atoms with Gasteiger partial charge in [-0.2, -0.15) is 5.10 Å². The number of hydrogen-bond donors (Lipinski definition) is 1. The van der Waals surface area contributed by atoms with Crippen molar-refractivity contribution in [3.63, 3.8) is 0 Å². The van der Waals surface area contributed by atoms with Gasteiger partial charge in [-0.25, -0.2) is 4.68 Å². The molecule has 3 rings (SSSR count). The van der Waals surface area contributed by atoms with E-state index >= 15 is 0 Å². The summed E-state index contributed by atoms with van der Waals surface area (Å²) in [5.41, 5.74) is -0.160. The summed E-state index contributed by atoms with van der Waals surface area (Å²) in [6.07, 6.45) is 4.26. The number of nitrogens with zero attached hydrogens (tertiary/aromatic N) is 3. The molecule has 0 bridgehead atoms. The van der Waals surface area contributed by atoms with E-state index in [4.69, 9.17) is 0 Å². The molecule has 7 heteroatoms. The third kappa shape index (κ3) is 1.79. The van der Waals surface area contributed by atoms with Gasteiger partial charge in [-0.05, 0) is 34.7 Å². The Labute approximate surface area is 124 Å². The lowest BCUT2D eigenvalue weighted by atomic mass is 9.81.